The van der Waals surface area contributed by atoms with Crippen molar-refractivity contribution in [3.8, 4) is 0 Å². The summed E-state index contributed by atoms with van der Waals surface area (Å²) in [6.45, 7) is 6.34. The van der Waals surface area contributed by atoms with Gasteiger partial charge in [0, 0.05) is 30.1 Å². The van der Waals surface area contributed by atoms with Gasteiger partial charge in [-0.2, -0.15) is 0 Å². The maximum atomic E-state index is 14.7. The van der Waals surface area contributed by atoms with Crippen molar-refractivity contribution in [1.82, 2.24) is 10.2 Å². The first-order valence-corrected chi connectivity index (χ1v) is 14.5. The molecule has 1 aromatic heterocycles. The molecule has 200 valence electrons. The van der Waals surface area contributed by atoms with Gasteiger partial charge in [-0.3, -0.25) is 0 Å². The first-order valence-electron chi connectivity index (χ1n) is 14.5. The molecule has 1 unspecified atom stereocenters. The van der Waals surface area contributed by atoms with Crippen LogP contribution in [0.1, 0.15) is 89.5 Å². The van der Waals surface area contributed by atoms with E-state index in [0.717, 1.165) is 57.1 Å². The van der Waals surface area contributed by atoms with Crippen molar-refractivity contribution in [2.75, 3.05) is 20.1 Å². The standard InChI is InChI=1S/C30H45FN2O3/c1-28-12-8-21(32-26-11-15-33(3)17-25(26)31)16-20(28)5-6-24-23(28)9-13-29(2)22(10-14-30(24,29)35)19-4-7-27(34)36-18-19/h4,7,18,20-26,32,35H,5-6,8-17H2,1-3H3/t20-,21+,22-,23+,24-,25+,26?,28+,29-,30+/m1/s1. The molecule has 36 heavy (non-hydrogen) atoms. The van der Waals surface area contributed by atoms with Crippen molar-refractivity contribution in [3.63, 3.8) is 0 Å². The highest BCUT2D eigenvalue weighted by Gasteiger charge is 2.67. The van der Waals surface area contributed by atoms with E-state index in [0.29, 0.717) is 30.3 Å². The summed E-state index contributed by atoms with van der Waals surface area (Å²) in [5.74, 6) is 1.79. The Bertz CT molecular complexity index is 1010. The van der Waals surface area contributed by atoms with Crippen molar-refractivity contribution in [1.29, 1.82) is 0 Å². The molecule has 0 aromatic carbocycles. The van der Waals surface area contributed by atoms with Crippen molar-refractivity contribution < 1.29 is 13.9 Å². The SMILES string of the molecule is CN1CCC(N[C@H]2CC[C@@]3(C)[C@H](CC[C@@H]4[C@@H]3CC[C@]3(C)[C@@H](c5ccc(=O)oc5)CC[C@]43O)C2)[C@@H](F)C1. The molecule has 2 N–H and O–H groups in total. The number of halogens is 1. The van der Waals surface area contributed by atoms with E-state index in [-0.39, 0.29) is 28.4 Å². The Morgan fingerprint density at radius 2 is 1.89 bits per heavy atom. The van der Waals surface area contributed by atoms with E-state index < -0.39 is 11.8 Å². The number of rotatable bonds is 3. The Morgan fingerprint density at radius 3 is 2.64 bits per heavy atom. The van der Waals surface area contributed by atoms with E-state index in [1.807, 2.05) is 13.1 Å². The number of hydrogen-bond donors (Lipinski definition) is 2. The fourth-order valence-corrected chi connectivity index (χ4v) is 10.0. The highest BCUT2D eigenvalue weighted by Crippen LogP contribution is 2.70. The minimum atomic E-state index is -0.772. The Morgan fingerprint density at radius 1 is 1.06 bits per heavy atom. The van der Waals surface area contributed by atoms with Crippen LogP contribution in [0.2, 0.25) is 0 Å². The van der Waals surface area contributed by atoms with Gasteiger partial charge in [0.1, 0.15) is 6.17 Å². The molecule has 0 spiro atoms. The smallest absolute Gasteiger partial charge is 0.335 e. The second-order valence-corrected chi connectivity index (χ2v) is 13.7. The van der Waals surface area contributed by atoms with E-state index in [2.05, 4.69) is 24.1 Å². The monoisotopic (exact) mass is 500 g/mol. The topological polar surface area (TPSA) is 65.7 Å². The van der Waals surface area contributed by atoms with Crippen LogP contribution in [0.3, 0.4) is 0 Å². The lowest BCUT2D eigenvalue weighted by Crippen LogP contribution is -2.62. The lowest BCUT2D eigenvalue weighted by molar-refractivity contribution is -0.202. The van der Waals surface area contributed by atoms with Gasteiger partial charge >= 0.3 is 5.63 Å². The van der Waals surface area contributed by atoms with Crippen molar-refractivity contribution in [2.24, 2.45) is 28.6 Å². The maximum Gasteiger partial charge on any atom is 0.335 e. The van der Waals surface area contributed by atoms with Crippen LogP contribution in [-0.4, -0.2) is 54.0 Å². The van der Waals surface area contributed by atoms with E-state index in [1.165, 1.54) is 25.3 Å². The first kappa shape index (κ1) is 25.1. The Balaban J connectivity index is 1.18. The van der Waals surface area contributed by atoms with Crippen molar-refractivity contribution in [3.05, 3.63) is 34.4 Å². The molecule has 1 aliphatic heterocycles. The van der Waals surface area contributed by atoms with Crippen LogP contribution in [0.5, 0.6) is 0 Å². The predicted octanol–water partition coefficient (Wildman–Crippen LogP) is 4.88. The Hall–Kier alpha value is -1.24. The molecule has 1 aromatic rings. The zero-order chi connectivity index (χ0) is 25.3. The number of likely N-dealkylation sites (tertiary alicyclic amines) is 1. The first-order chi connectivity index (χ1) is 17.1. The van der Waals surface area contributed by atoms with Gasteiger partial charge < -0.3 is 19.7 Å². The van der Waals surface area contributed by atoms with Crippen LogP contribution >= 0.6 is 0 Å². The minimum absolute atomic E-state index is 0.000770. The highest BCUT2D eigenvalue weighted by atomic mass is 19.1. The van der Waals surface area contributed by atoms with Gasteiger partial charge in [-0.1, -0.05) is 13.8 Å². The third kappa shape index (κ3) is 3.76. The molecule has 10 atom stereocenters. The number of alkyl halides is 1. The van der Waals surface area contributed by atoms with Gasteiger partial charge in [-0.05, 0) is 119 Å². The number of nitrogens with zero attached hydrogens (tertiary/aromatic N) is 1. The molecule has 2 heterocycles. The quantitative estimate of drug-likeness (QED) is 0.619. The van der Waals surface area contributed by atoms with Gasteiger partial charge in [-0.25, -0.2) is 9.18 Å². The zero-order valence-electron chi connectivity index (χ0n) is 22.3. The number of fused-ring (bicyclic) bond motifs is 5. The van der Waals surface area contributed by atoms with Crippen LogP contribution in [0.4, 0.5) is 4.39 Å². The zero-order valence-corrected chi connectivity index (χ0v) is 22.3. The molecule has 0 radical (unpaired) electrons. The van der Waals surface area contributed by atoms with Crippen LogP contribution in [-0.2, 0) is 0 Å². The molecule has 4 aliphatic carbocycles. The average molecular weight is 501 g/mol. The van der Waals surface area contributed by atoms with E-state index in [9.17, 15) is 14.3 Å². The minimum Gasteiger partial charge on any atom is -0.431 e. The third-order valence-corrected chi connectivity index (χ3v) is 12.2. The fraction of sp³-hybridized carbons (Fsp3) is 0.833. The lowest BCUT2D eigenvalue weighted by Gasteiger charge is -2.64. The molecule has 6 heteroatoms. The number of piperidine rings is 1. The predicted molar refractivity (Wildman–Crippen MR) is 139 cm³/mol. The molecule has 4 saturated carbocycles. The number of hydrogen-bond acceptors (Lipinski definition) is 5. The molecule has 0 amide bonds. The normalized spacial score (nSPS) is 49.2. The summed E-state index contributed by atoms with van der Waals surface area (Å²) in [6, 6.07) is 3.86. The molecule has 5 aliphatic rings. The average Bonchev–Trinajstić information content (AvgIpc) is 3.13. The van der Waals surface area contributed by atoms with Gasteiger partial charge in [0.05, 0.1) is 11.9 Å². The summed E-state index contributed by atoms with van der Waals surface area (Å²) < 4.78 is 19.9. The molecule has 5 nitrogen and oxygen atoms in total. The van der Waals surface area contributed by atoms with E-state index in [4.69, 9.17) is 4.42 Å². The molecule has 5 fully saturated rings. The van der Waals surface area contributed by atoms with Gasteiger partial charge in [-0.15, -0.1) is 0 Å². The second-order valence-electron chi connectivity index (χ2n) is 13.7. The highest BCUT2D eigenvalue weighted by molar-refractivity contribution is 5.27. The second kappa shape index (κ2) is 8.91. The molecule has 0 bridgehead atoms. The van der Waals surface area contributed by atoms with Crippen LogP contribution in [0, 0.1) is 28.6 Å². The lowest BCUT2D eigenvalue weighted by atomic mass is 9.43. The van der Waals surface area contributed by atoms with Gasteiger partial charge in [0.2, 0.25) is 0 Å². The summed E-state index contributed by atoms with van der Waals surface area (Å²) in [7, 11) is 2.01. The Labute approximate surface area is 215 Å². The van der Waals surface area contributed by atoms with Gasteiger partial charge in [0.15, 0.2) is 0 Å². The summed E-state index contributed by atoms with van der Waals surface area (Å²) in [5.41, 5.74) is 0.181. The van der Waals surface area contributed by atoms with Gasteiger partial charge in [0.25, 0.3) is 0 Å². The summed E-state index contributed by atoms with van der Waals surface area (Å²) in [5, 5.41) is 16.2. The summed E-state index contributed by atoms with van der Waals surface area (Å²) in [4.78, 5) is 13.6. The molecule has 1 saturated heterocycles. The largest absolute Gasteiger partial charge is 0.431 e. The number of nitrogens with one attached hydrogen (secondary N) is 1. The van der Waals surface area contributed by atoms with Crippen LogP contribution in [0.25, 0.3) is 0 Å². The maximum absolute atomic E-state index is 14.7. The summed E-state index contributed by atoms with van der Waals surface area (Å²) in [6.07, 6.45) is 11.5. The summed E-state index contributed by atoms with van der Waals surface area (Å²) >= 11 is 0. The molecular weight excluding hydrogens is 455 g/mol. The van der Waals surface area contributed by atoms with Crippen LogP contribution < -0.4 is 10.9 Å². The van der Waals surface area contributed by atoms with Crippen LogP contribution in [0.15, 0.2) is 27.6 Å². The third-order valence-electron chi connectivity index (χ3n) is 12.2. The Kier molecular flexibility index (Phi) is 6.20. The van der Waals surface area contributed by atoms with Crippen molar-refractivity contribution >= 4 is 0 Å². The van der Waals surface area contributed by atoms with E-state index in [1.54, 1.807) is 6.26 Å². The van der Waals surface area contributed by atoms with Crippen molar-refractivity contribution in [2.45, 2.75) is 108 Å². The fourth-order valence-electron chi connectivity index (χ4n) is 10.0. The number of aliphatic hydroxyl groups is 1. The molecule has 6 rings (SSSR count). The van der Waals surface area contributed by atoms with E-state index >= 15 is 0 Å². The molecular formula is C30H45FN2O3.